The Morgan fingerprint density at radius 1 is 1.07 bits per heavy atom. The first-order valence-electron chi connectivity index (χ1n) is 9.82. The maximum absolute atomic E-state index is 13.2. The summed E-state index contributed by atoms with van der Waals surface area (Å²) in [5, 5.41) is 3.47. The van der Waals surface area contributed by atoms with E-state index < -0.39 is 0 Å². The molecule has 2 aromatic rings. The molecule has 1 spiro atoms. The van der Waals surface area contributed by atoms with E-state index >= 15 is 0 Å². The van der Waals surface area contributed by atoms with E-state index in [-0.39, 0.29) is 16.8 Å². The predicted octanol–water partition coefficient (Wildman–Crippen LogP) is 4.86. The lowest BCUT2D eigenvalue weighted by atomic mass is 10.0. The number of urea groups is 1. The number of halogens is 1. The minimum atomic E-state index is -0.254. The number of nitrogens with one attached hydrogen (secondary N) is 1. The van der Waals surface area contributed by atoms with Gasteiger partial charge < -0.3 is 15.1 Å². The van der Waals surface area contributed by atoms with E-state index in [1.807, 2.05) is 64.9 Å². The number of thioether (sulfide) groups is 1. The number of anilines is 1. The lowest BCUT2D eigenvalue weighted by molar-refractivity contribution is 0.0586. The Hall–Kier alpha value is -2.18. The zero-order valence-corrected chi connectivity index (χ0v) is 17.9. The largest absolute Gasteiger partial charge is 0.324 e. The Balaban J connectivity index is 1.43. The molecule has 2 fully saturated rings. The fraction of sp³-hybridized carbons (Fsp3) is 0.364. The first kappa shape index (κ1) is 20.1. The number of piperidine rings is 1. The van der Waals surface area contributed by atoms with Crippen molar-refractivity contribution in [2.24, 2.45) is 0 Å². The molecule has 0 radical (unpaired) electrons. The van der Waals surface area contributed by atoms with Gasteiger partial charge in [0.05, 0.1) is 15.5 Å². The fourth-order valence-corrected chi connectivity index (χ4v) is 5.75. The van der Waals surface area contributed by atoms with Crippen LogP contribution in [0.3, 0.4) is 0 Å². The van der Waals surface area contributed by atoms with Gasteiger partial charge >= 0.3 is 6.03 Å². The fourth-order valence-electron chi connectivity index (χ4n) is 4.07. The lowest BCUT2D eigenvalue weighted by Gasteiger charge is -2.44. The van der Waals surface area contributed by atoms with Crippen LogP contribution in [-0.4, -0.2) is 52.0 Å². The first-order valence-corrected chi connectivity index (χ1v) is 11.2. The van der Waals surface area contributed by atoms with Crippen molar-refractivity contribution in [3.8, 4) is 0 Å². The van der Waals surface area contributed by atoms with Crippen LogP contribution in [0.25, 0.3) is 0 Å². The molecule has 3 amide bonds. The number of hydrogen-bond donors (Lipinski definition) is 1. The number of aryl methyl sites for hydroxylation is 1. The van der Waals surface area contributed by atoms with E-state index in [9.17, 15) is 9.59 Å². The molecule has 2 aromatic carbocycles. The summed E-state index contributed by atoms with van der Waals surface area (Å²) in [7, 11) is 0. The summed E-state index contributed by atoms with van der Waals surface area (Å²) >= 11 is 8.09. The standard InChI is InChI=1S/C22H24ClN3O2S/c1-16-5-4-6-17(15-16)24-21(28)25-11-9-22(10-12-25)26(13-14-29-22)20(27)18-7-2-3-8-19(18)23/h2-8,15H,9-14H2,1H3,(H,24,28). The number of benzene rings is 2. The van der Waals surface area contributed by atoms with Crippen LogP contribution in [-0.2, 0) is 0 Å². The normalized spacial score (nSPS) is 18.1. The van der Waals surface area contributed by atoms with Gasteiger partial charge in [0.1, 0.15) is 0 Å². The van der Waals surface area contributed by atoms with Crippen LogP contribution in [0, 0.1) is 6.92 Å². The molecule has 5 nitrogen and oxygen atoms in total. The van der Waals surface area contributed by atoms with Gasteiger partial charge in [0.25, 0.3) is 5.91 Å². The summed E-state index contributed by atoms with van der Waals surface area (Å²) in [6.07, 6.45) is 1.52. The van der Waals surface area contributed by atoms with Gasteiger partial charge in [0, 0.05) is 31.1 Å². The summed E-state index contributed by atoms with van der Waals surface area (Å²) in [5.41, 5.74) is 2.47. The van der Waals surface area contributed by atoms with E-state index in [2.05, 4.69) is 5.32 Å². The van der Waals surface area contributed by atoms with Crippen LogP contribution in [0.15, 0.2) is 48.5 Å². The molecule has 0 atom stereocenters. The van der Waals surface area contributed by atoms with E-state index in [0.717, 1.165) is 29.8 Å². The quantitative estimate of drug-likeness (QED) is 0.741. The number of amides is 3. The topological polar surface area (TPSA) is 52.7 Å². The highest BCUT2D eigenvalue weighted by molar-refractivity contribution is 8.00. The Morgan fingerprint density at radius 2 is 1.83 bits per heavy atom. The molecule has 0 unspecified atom stereocenters. The summed E-state index contributed by atoms with van der Waals surface area (Å²) in [6.45, 7) is 3.96. The molecule has 0 aliphatic carbocycles. The number of likely N-dealkylation sites (tertiary alicyclic amines) is 1. The third-order valence-electron chi connectivity index (χ3n) is 5.63. The highest BCUT2D eigenvalue weighted by atomic mass is 35.5. The third-order valence-corrected chi connectivity index (χ3v) is 7.51. The van der Waals surface area contributed by atoms with Crippen LogP contribution in [0.5, 0.6) is 0 Å². The Morgan fingerprint density at radius 3 is 2.55 bits per heavy atom. The summed E-state index contributed by atoms with van der Waals surface area (Å²) < 4.78 is 0. The Kier molecular flexibility index (Phi) is 5.74. The molecule has 152 valence electrons. The zero-order valence-electron chi connectivity index (χ0n) is 16.4. The number of carbonyl (C=O) groups is 2. The first-order chi connectivity index (χ1) is 14.0. The molecule has 29 heavy (non-hydrogen) atoms. The van der Waals surface area contributed by atoms with Crippen LogP contribution >= 0.6 is 23.4 Å². The third kappa shape index (κ3) is 4.09. The smallest absolute Gasteiger partial charge is 0.321 e. The molecule has 7 heteroatoms. The van der Waals surface area contributed by atoms with E-state index in [0.29, 0.717) is 30.2 Å². The van der Waals surface area contributed by atoms with E-state index in [1.165, 1.54) is 0 Å². The Bertz CT molecular complexity index is 928. The van der Waals surface area contributed by atoms with Crippen LogP contribution < -0.4 is 5.32 Å². The minimum absolute atomic E-state index is 0.0155. The van der Waals surface area contributed by atoms with Gasteiger partial charge in [-0.25, -0.2) is 4.79 Å². The van der Waals surface area contributed by atoms with Crippen molar-refractivity contribution in [2.75, 3.05) is 30.7 Å². The lowest BCUT2D eigenvalue weighted by Crippen LogP contribution is -2.54. The number of nitrogens with zero attached hydrogens (tertiary/aromatic N) is 2. The van der Waals surface area contributed by atoms with Crippen molar-refractivity contribution in [2.45, 2.75) is 24.6 Å². The van der Waals surface area contributed by atoms with Gasteiger partial charge in [-0.05, 0) is 49.6 Å². The molecular weight excluding hydrogens is 406 g/mol. The maximum Gasteiger partial charge on any atom is 0.321 e. The second-order valence-electron chi connectivity index (χ2n) is 7.52. The number of rotatable bonds is 2. The second-order valence-corrected chi connectivity index (χ2v) is 9.38. The van der Waals surface area contributed by atoms with Crippen LogP contribution in [0.4, 0.5) is 10.5 Å². The number of carbonyl (C=O) groups excluding carboxylic acids is 2. The molecule has 0 aromatic heterocycles. The van der Waals surface area contributed by atoms with Crippen molar-refractivity contribution >= 4 is 41.0 Å². The summed E-state index contributed by atoms with van der Waals surface area (Å²) in [4.78, 5) is 29.4. The molecule has 2 aliphatic heterocycles. The highest BCUT2D eigenvalue weighted by Crippen LogP contribution is 2.45. The predicted molar refractivity (Wildman–Crippen MR) is 119 cm³/mol. The van der Waals surface area contributed by atoms with Gasteiger partial charge in [-0.2, -0.15) is 0 Å². The van der Waals surface area contributed by atoms with Crippen LogP contribution in [0.1, 0.15) is 28.8 Å². The van der Waals surface area contributed by atoms with E-state index in [4.69, 9.17) is 11.6 Å². The van der Waals surface area contributed by atoms with Gasteiger partial charge in [-0.1, -0.05) is 35.9 Å². The SMILES string of the molecule is Cc1cccc(NC(=O)N2CCC3(CC2)SCCN3C(=O)c2ccccc2Cl)c1. The average Bonchev–Trinajstić information content (AvgIpc) is 3.11. The maximum atomic E-state index is 13.2. The van der Waals surface area contributed by atoms with Gasteiger partial charge in [-0.3, -0.25) is 4.79 Å². The summed E-state index contributed by atoms with van der Waals surface area (Å²) in [6, 6.07) is 14.9. The molecule has 0 bridgehead atoms. The van der Waals surface area contributed by atoms with E-state index in [1.54, 1.807) is 12.1 Å². The van der Waals surface area contributed by atoms with Crippen molar-refractivity contribution in [3.05, 3.63) is 64.7 Å². The second kappa shape index (κ2) is 8.28. The zero-order chi connectivity index (χ0) is 20.4. The molecule has 2 saturated heterocycles. The van der Waals surface area contributed by atoms with Crippen molar-refractivity contribution in [1.82, 2.24) is 9.80 Å². The molecule has 4 rings (SSSR count). The monoisotopic (exact) mass is 429 g/mol. The van der Waals surface area contributed by atoms with Crippen LogP contribution in [0.2, 0.25) is 5.02 Å². The highest BCUT2D eigenvalue weighted by Gasteiger charge is 2.47. The van der Waals surface area contributed by atoms with Crippen molar-refractivity contribution in [3.63, 3.8) is 0 Å². The molecular formula is C22H24ClN3O2S. The van der Waals surface area contributed by atoms with Crippen molar-refractivity contribution in [1.29, 1.82) is 0 Å². The molecule has 2 heterocycles. The molecule has 1 N–H and O–H groups in total. The van der Waals surface area contributed by atoms with Gasteiger partial charge in [-0.15, -0.1) is 11.8 Å². The molecule has 0 saturated carbocycles. The van der Waals surface area contributed by atoms with Crippen molar-refractivity contribution < 1.29 is 9.59 Å². The summed E-state index contributed by atoms with van der Waals surface area (Å²) in [5.74, 6) is 0.893. The Labute approximate surface area is 180 Å². The van der Waals surface area contributed by atoms with Gasteiger partial charge in [0.2, 0.25) is 0 Å². The average molecular weight is 430 g/mol. The molecule has 2 aliphatic rings. The van der Waals surface area contributed by atoms with Gasteiger partial charge in [0.15, 0.2) is 0 Å². The minimum Gasteiger partial charge on any atom is -0.324 e. The number of hydrogen-bond acceptors (Lipinski definition) is 3.